The minimum atomic E-state index is -0.342. The van der Waals surface area contributed by atoms with Gasteiger partial charge in [0, 0.05) is 24.0 Å². The van der Waals surface area contributed by atoms with Gasteiger partial charge in [-0.1, -0.05) is 30.0 Å². The number of carbonyl (C=O) groups excluding carboxylic acids is 2. The van der Waals surface area contributed by atoms with Gasteiger partial charge in [-0.05, 0) is 36.4 Å². The maximum absolute atomic E-state index is 12.5. The molecule has 4 rings (SSSR count). The van der Waals surface area contributed by atoms with Crippen molar-refractivity contribution in [3.05, 3.63) is 71.3 Å². The second kappa shape index (κ2) is 8.84. The van der Waals surface area contributed by atoms with Crippen molar-refractivity contribution in [3.8, 4) is 5.69 Å². The Hall–Kier alpha value is -3.92. The van der Waals surface area contributed by atoms with E-state index in [0.717, 1.165) is 5.69 Å². The fourth-order valence-electron chi connectivity index (χ4n) is 2.96. The summed E-state index contributed by atoms with van der Waals surface area (Å²) in [6.45, 7) is 1.43. The first-order valence-electron chi connectivity index (χ1n) is 9.33. The summed E-state index contributed by atoms with van der Waals surface area (Å²) in [5.41, 5.74) is 2.34. The molecule has 3 N–H and O–H groups in total. The second-order valence-electron chi connectivity index (χ2n) is 6.56. The van der Waals surface area contributed by atoms with E-state index in [1.54, 1.807) is 28.8 Å². The molecule has 0 saturated carbocycles. The molecule has 2 heterocycles. The van der Waals surface area contributed by atoms with Crippen LogP contribution in [0.2, 0.25) is 0 Å². The van der Waals surface area contributed by atoms with Crippen LogP contribution < -0.4 is 16.2 Å². The standard InChI is InChI=1S/C21H18N6O3S/c1-13(28)24-14-7-9-15(10-8-14)25-17(29)11-31-21-26-18-19(22-12-23-20(18)30)27(21)16-5-3-2-4-6-16/h2-10,12H,11H2,1H3,(H,24,28)(H,25,29)(H,22,23,30). The number of aromatic amines is 1. The third kappa shape index (κ3) is 4.64. The highest BCUT2D eigenvalue weighted by molar-refractivity contribution is 7.99. The quantitative estimate of drug-likeness (QED) is 0.401. The van der Waals surface area contributed by atoms with Crippen LogP contribution >= 0.6 is 11.8 Å². The fraction of sp³-hybridized carbons (Fsp3) is 0.0952. The highest BCUT2D eigenvalue weighted by Crippen LogP contribution is 2.25. The minimum Gasteiger partial charge on any atom is -0.326 e. The SMILES string of the molecule is CC(=O)Nc1ccc(NC(=O)CSc2nc3c(=O)[nH]cnc3n2-c2ccccc2)cc1. The summed E-state index contributed by atoms with van der Waals surface area (Å²) in [4.78, 5) is 46.9. The van der Waals surface area contributed by atoms with Gasteiger partial charge < -0.3 is 15.6 Å². The molecule has 2 aromatic heterocycles. The Balaban J connectivity index is 1.52. The Bertz CT molecular complexity index is 1300. The zero-order chi connectivity index (χ0) is 21.8. The number of H-pyrrole nitrogens is 1. The van der Waals surface area contributed by atoms with Crippen LogP contribution in [0.3, 0.4) is 0 Å². The second-order valence-corrected chi connectivity index (χ2v) is 7.51. The lowest BCUT2D eigenvalue weighted by Crippen LogP contribution is -2.14. The summed E-state index contributed by atoms with van der Waals surface area (Å²) in [6.07, 6.45) is 1.33. The van der Waals surface area contributed by atoms with Gasteiger partial charge in [0.15, 0.2) is 16.3 Å². The summed E-state index contributed by atoms with van der Waals surface area (Å²) in [7, 11) is 0. The smallest absolute Gasteiger partial charge is 0.278 e. The summed E-state index contributed by atoms with van der Waals surface area (Å²) in [5.74, 6) is -0.310. The van der Waals surface area contributed by atoms with Gasteiger partial charge in [-0.2, -0.15) is 0 Å². The Morgan fingerprint density at radius 1 is 1.03 bits per heavy atom. The average Bonchev–Trinajstić information content (AvgIpc) is 3.14. The summed E-state index contributed by atoms with van der Waals surface area (Å²) in [6, 6.07) is 16.2. The summed E-state index contributed by atoms with van der Waals surface area (Å²) >= 11 is 1.21. The molecule has 4 aromatic rings. The van der Waals surface area contributed by atoms with Crippen molar-refractivity contribution in [2.75, 3.05) is 16.4 Å². The van der Waals surface area contributed by atoms with Gasteiger partial charge in [-0.15, -0.1) is 0 Å². The molecular formula is C21H18N6O3S. The molecular weight excluding hydrogens is 416 g/mol. The third-order valence-electron chi connectivity index (χ3n) is 4.26. The molecule has 10 heteroatoms. The predicted octanol–water partition coefficient (Wildman–Crippen LogP) is 2.80. The molecule has 0 fully saturated rings. The van der Waals surface area contributed by atoms with Crippen LogP contribution in [0.25, 0.3) is 16.9 Å². The molecule has 0 spiro atoms. The maximum Gasteiger partial charge on any atom is 0.278 e. The van der Waals surface area contributed by atoms with Crippen LogP contribution in [0.5, 0.6) is 0 Å². The van der Waals surface area contributed by atoms with E-state index >= 15 is 0 Å². The number of fused-ring (bicyclic) bond motifs is 1. The molecule has 0 unspecified atom stereocenters. The van der Waals surface area contributed by atoms with E-state index in [-0.39, 0.29) is 28.6 Å². The molecule has 2 aromatic carbocycles. The molecule has 0 atom stereocenters. The number of para-hydroxylation sites is 1. The first-order chi connectivity index (χ1) is 15.0. The van der Waals surface area contributed by atoms with E-state index in [9.17, 15) is 14.4 Å². The van der Waals surface area contributed by atoms with Gasteiger partial charge in [0.05, 0.1) is 12.1 Å². The van der Waals surface area contributed by atoms with Crippen LogP contribution in [-0.2, 0) is 9.59 Å². The number of aromatic nitrogens is 4. The number of thioether (sulfide) groups is 1. The molecule has 31 heavy (non-hydrogen) atoms. The van der Waals surface area contributed by atoms with E-state index < -0.39 is 0 Å². The van der Waals surface area contributed by atoms with E-state index in [2.05, 4.69) is 25.6 Å². The zero-order valence-electron chi connectivity index (χ0n) is 16.5. The fourth-order valence-corrected chi connectivity index (χ4v) is 3.77. The third-order valence-corrected chi connectivity index (χ3v) is 5.19. The normalized spacial score (nSPS) is 10.7. The largest absolute Gasteiger partial charge is 0.326 e. The minimum absolute atomic E-state index is 0.0848. The molecule has 0 aliphatic heterocycles. The van der Waals surface area contributed by atoms with Gasteiger partial charge in [0.1, 0.15) is 0 Å². The van der Waals surface area contributed by atoms with Crippen LogP contribution in [0.4, 0.5) is 11.4 Å². The Kier molecular flexibility index (Phi) is 5.80. The topological polar surface area (TPSA) is 122 Å². The summed E-state index contributed by atoms with van der Waals surface area (Å²) in [5, 5.41) is 5.96. The van der Waals surface area contributed by atoms with E-state index in [4.69, 9.17) is 0 Å². The van der Waals surface area contributed by atoms with Crippen molar-refractivity contribution >= 4 is 46.1 Å². The van der Waals surface area contributed by atoms with Crippen molar-refractivity contribution < 1.29 is 9.59 Å². The number of imidazole rings is 1. The highest BCUT2D eigenvalue weighted by Gasteiger charge is 2.17. The molecule has 0 aliphatic rings. The number of anilines is 2. The van der Waals surface area contributed by atoms with Crippen molar-refractivity contribution in [3.63, 3.8) is 0 Å². The number of benzene rings is 2. The van der Waals surface area contributed by atoms with Crippen molar-refractivity contribution in [2.24, 2.45) is 0 Å². The zero-order valence-corrected chi connectivity index (χ0v) is 17.3. The van der Waals surface area contributed by atoms with Crippen LogP contribution in [-0.4, -0.2) is 37.1 Å². The van der Waals surface area contributed by atoms with Crippen molar-refractivity contribution in [2.45, 2.75) is 12.1 Å². The van der Waals surface area contributed by atoms with Crippen LogP contribution in [0.15, 0.2) is 70.9 Å². The van der Waals surface area contributed by atoms with Crippen LogP contribution in [0.1, 0.15) is 6.92 Å². The monoisotopic (exact) mass is 434 g/mol. The number of amides is 2. The number of nitrogens with one attached hydrogen (secondary N) is 3. The number of nitrogens with zero attached hydrogens (tertiary/aromatic N) is 3. The molecule has 0 radical (unpaired) electrons. The molecule has 156 valence electrons. The average molecular weight is 434 g/mol. The Labute approximate surface area is 180 Å². The van der Waals surface area contributed by atoms with E-state index in [1.807, 2.05) is 30.3 Å². The highest BCUT2D eigenvalue weighted by atomic mass is 32.2. The molecule has 0 aliphatic carbocycles. The number of rotatable bonds is 6. The van der Waals surface area contributed by atoms with E-state index in [0.29, 0.717) is 22.2 Å². The first kappa shape index (κ1) is 20.4. The first-order valence-corrected chi connectivity index (χ1v) is 10.3. The van der Waals surface area contributed by atoms with Crippen molar-refractivity contribution in [1.29, 1.82) is 0 Å². The lowest BCUT2D eigenvalue weighted by atomic mass is 10.3. The number of hydrogen-bond donors (Lipinski definition) is 3. The Morgan fingerprint density at radius 2 is 1.71 bits per heavy atom. The van der Waals surface area contributed by atoms with Gasteiger partial charge in [0.25, 0.3) is 5.56 Å². The van der Waals surface area contributed by atoms with Gasteiger partial charge in [-0.3, -0.25) is 19.0 Å². The molecule has 0 saturated heterocycles. The molecule has 0 bridgehead atoms. The molecule has 2 amide bonds. The van der Waals surface area contributed by atoms with Gasteiger partial charge in [-0.25, -0.2) is 9.97 Å². The summed E-state index contributed by atoms with van der Waals surface area (Å²) < 4.78 is 1.75. The predicted molar refractivity (Wildman–Crippen MR) is 120 cm³/mol. The number of hydrogen-bond acceptors (Lipinski definition) is 6. The lowest BCUT2D eigenvalue weighted by molar-refractivity contribution is -0.114. The number of carbonyl (C=O) groups is 2. The maximum atomic E-state index is 12.5. The Morgan fingerprint density at radius 3 is 2.39 bits per heavy atom. The van der Waals surface area contributed by atoms with Gasteiger partial charge >= 0.3 is 0 Å². The van der Waals surface area contributed by atoms with Crippen LogP contribution in [0, 0.1) is 0 Å². The van der Waals surface area contributed by atoms with E-state index in [1.165, 1.54) is 25.0 Å². The molecule has 9 nitrogen and oxygen atoms in total. The van der Waals surface area contributed by atoms with Gasteiger partial charge in [0.2, 0.25) is 11.8 Å². The lowest BCUT2D eigenvalue weighted by Gasteiger charge is -2.09. The van der Waals surface area contributed by atoms with Crippen molar-refractivity contribution in [1.82, 2.24) is 19.5 Å².